The molecule has 0 spiro atoms. The van der Waals surface area contributed by atoms with Crippen LogP contribution in [0.25, 0.3) is 11.1 Å². The second kappa shape index (κ2) is 10.8. The van der Waals surface area contributed by atoms with Crippen LogP contribution in [0, 0.1) is 0 Å². The zero-order valence-electron chi connectivity index (χ0n) is 18.6. The van der Waals surface area contributed by atoms with Gasteiger partial charge < -0.3 is 9.64 Å². The van der Waals surface area contributed by atoms with Crippen LogP contribution in [0.4, 0.5) is 0 Å². The van der Waals surface area contributed by atoms with Gasteiger partial charge in [-0.25, -0.2) is 0 Å². The van der Waals surface area contributed by atoms with E-state index < -0.39 is 0 Å². The number of hydrogen-bond acceptors (Lipinski definition) is 2. The Labute approximate surface area is 181 Å². The molecule has 2 heteroatoms. The number of likely N-dealkylation sites (N-methyl/N-ethyl adjacent to an activating group) is 1. The molecule has 0 saturated carbocycles. The second-order valence-electron chi connectivity index (χ2n) is 7.89. The van der Waals surface area contributed by atoms with Gasteiger partial charge in [-0.05, 0) is 67.3 Å². The van der Waals surface area contributed by atoms with Crippen LogP contribution in [0.5, 0.6) is 5.75 Å². The normalized spacial score (nSPS) is 12.2. The summed E-state index contributed by atoms with van der Waals surface area (Å²) in [5.41, 5.74) is 6.37. The molecule has 0 heterocycles. The lowest BCUT2D eigenvalue weighted by molar-refractivity contribution is 0.208. The van der Waals surface area contributed by atoms with Gasteiger partial charge in [0.15, 0.2) is 0 Å². The molecule has 30 heavy (non-hydrogen) atoms. The van der Waals surface area contributed by atoms with Gasteiger partial charge in [0.2, 0.25) is 0 Å². The molecule has 0 saturated heterocycles. The summed E-state index contributed by atoms with van der Waals surface area (Å²) in [6, 6.07) is 30.4. The van der Waals surface area contributed by atoms with Crippen molar-refractivity contribution < 1.29 is 4.74 Å². The van der Waals surface area contributed by atoms with Crippen LogP contribution in [0.2, 0.25) is 0 Å². The van der Waals surface area contributed by atoms with Crippen molar-refractivity contribution in [3.05, 3.63) is 102 Å². The highest BCUT2D eigenvalue weighted by Gasteiger charge is 2.13. The summed E-state index contributed by atoms with van der Waals surface area (Å²) in [5.74, 6) is 0.918. The van der Waals surface area contributed by atoms with E-state index in [0.29, 0.717) is 12.6 Å². The Morgan fingerprint density at radius 2 is 1.30 bits per heavy atom. The number of nitrogens with zero attached hydrogens (tertiary/aromatic N) is 1. The van der Waals surface area contributed by atoms with Crippen molar-refractivity contribution in [2.75, 3.05) is 20.2 Å². The Kier molecular flexibility index (Phi) is 7.87. The summed E-state index contributed by atoms with van der Waals surface area (Å²) < 4.78 is 5.98. The molecule has 0 aliphatic carbocycles. The van der Waals surface area contributed by atoms with E-state index in [9.17, 15) is 0 Å². The molecule has 156 valence electrons. The van der Waals surface area contributed by atoms with Crippen molar-refractivity contribution in [3.63, 3.8) is 0 Å². The van der Waals surface area contributed by atoms with Gasteiger partial charge in [-0.15, -0.1) is 0 Å². The number of benzene rings is 3. The first-order valence-electron chi connectivity index (χ1n) is 10.9. The van der Waals surface area contributed by atoms with Crippen LogP contribution in [-0.2, 0) is 0 Å². The van der Waals surface area contributed by atoms with E-state index >= 15 is 0 Å². The lowest BCUT2D eigenvalue weighted by Gasteiger charge is -2.21. The van der Waals surface area contributed by atoms with Crippen molar-refractivity contribution in [1.29, 1.82) is 0 Å². The third-order valence-corrected chi connectivity index (χ3v) is 5.58. The van der Waals surface area contributed by atoms with Gasteiger partial charge >= 0.3 is 0 Å². The molecule has 0 atom stereocenters. The van der Waals surface area contributed by atoms with Crippen LogP contribution in [0.1, 0.15) is 43.9 Å². The number of ether oxygens (including phenoxy) is 1. The Hall–Kier alpha value is -2.84. The van der Waals surface area contributed by atoms with Crippen molar-refractivity contribution in [2.45, 2.75) is 33.2 Å². The number of allylic oxidation sites excluding steroid dienone is 1. The summed E-state index contributed by atoms with van der Waals surface area (Å²) in [4.78, 5) is 2.29. The topological polar surface area (TPSA) is 12.5 Å². The molecular formula is C28H33NO. The van der Waals surface area contributed by atoms with E-state index in [1.807, 2.05) is 0 Å². The van der Waals surface area contributed by atoms with E-state index in [1.165, 1.54) is 27.8 Å². The Morgan fingerprint density at radius 1 is 0.767 bits per heavy atom. The first-order valence-corrected chi connectivity index (χ1v) is 10.9. The van der Waals surface area contributed by atoms with Crippen molar-refractivity contribution in [3.8, 4) is 5.75 Å². The molecule has 0 bridgehead atoms. The van der Waals surface area contributed by atoms with Crippen LogP contribution in [0.3, 0.4) is 0 Å². The monoisotopic (exact) mass is 399 g/mol. The number of rotatable bonds is 9. The summed E-state index contributed by atoms with van der Waals surface area (Å²) in [5, 5.41) is 0. The molecule has 0 radical (unpaired) electrons. The van der Waals surface area contributed by atoms with Crippen molar-refractivity contribution in [1.82, 2.24) is 4.90 Å². The molecule has 3 rings (SSSR count). The van der Waals surface area contributed by atoms with Crippen molar-refractivity contribution >= 4 is 11.1 Å². The smallest absolute Gasteiger partial charge is 0.119 e. The maximum atomic E-state index is 5.98. The first-order chi connectivity index (χ1) is 14.6. The third-order valence-electron chi connectivity index (χ3n) is 5.58. The molecule has 0 N–H and O–H groups in total. The Bertz CT molecular complexity index is 927. The average Bonchev–Trinajstić information content (AvgIpc) is 2.79. The van der Waals surface area contributed by atoms with Gasteiger partial charge in [0, 0.05) is 12.6 Å². The van der Waals surface area contributed by atoms with E-state index in [1.54, 1.807) is 0 Å². The molecule has 0 amide bonds. The van der Waals surface area contributed by atoms with Crippen molar-refractivity contribution in [2.24, 2.45) is 0 Å². The second-order valence-corrected chi connectivity index (χ2v) is 7.89. The van der Waals surface area contributed by atoms with Gasteiger partial charge in [-0.1, -0.05) is 79.7 Å². The fourth-order valence-corrected chi connectivity index (χ4v) is 3.57. The highest BCUT2D eigenvalue weighted by Crippen LogP contribution is 2.34. The highest BCUT2D eigenvalue weighted by molar-refractivity contribution is 5.98. The van der Waals surface area contributed by atoms with E-state index in [-0.39, 0.29) is 0 Å². The molecule has 0 aliphatic heterocycles. The maximum absolute atomic E-state index is 5.98. The first kappa shape index (κ1) is 21.9. The Balaban J connectivity index is 1.91. The largest absolute Gasteiger partial charge is 0.492 e. The minimum absolute atomic E-state index is 0.528. The van der Waals surface area contributed by atoms with Crippen LogP contribution in [0.15, 0.2) is 84.9 Å². The van der Waals surface area contributed by atoms with E-state index in [4.69, 9.17) is 4.74 Å². The van der Waals surface area contributed by atoms with E-state index in [0.717, 1.165) is 18.7 Å². The molecule has 0 aromatic heterocycles. The minimum Gasteiger partial charge on any atom is -0.492 e. The van der Waals surface area contributed by atoms with Gasteiger partial charge in [-0.3, -0.25) is 0 Å². The fraction of sp³-hybridized carbons (Fsp3) is 0.286. The van der Waals surface area contributed by atoms with Crippen LogP contribution in [-0.4, -0.2) is 31.1 Å². The summed E-state index contributed by atoms with van der Waals surface area (Å²) in [7, 11) is 2.13. The maximum Gasteiger partial charge on any atom is 0.119 e. The summed E-state index contributed by atoms with van der Waals surface area (Å²) in [6.45, 7) is 8.24. The van der Waals surface area contributed by atoms with Crippen LogP contribution >= 0.6 is 0 Å². The number of hydrogen-bond donors (Lipinski definition) is 0. The molecule has 3 aromatic rings. The van der Waals surface area contributed by atoms with E-state index in [2.05, 4.69) is 118 Å². The summed E-state index contributed by atoms with van der Waals surface area (Å²) >= 11 is 0. The quantitative estimate of drug-likeness (QED) is 0.368. The lowest BCUT2D eigenvalue weighted by atomic mass is 9.88. The van der Waals surface area contributed by atoms with Gasteiger partial charge in [0.1, 0.15) is 12.4 Å². The summed E-state index contributed by atoms with van der Waals surface area (Å²) in [6.07, 6.45) is 0.966. The van der Waals surface area contributed by atoms with Crippen LogP contribution < -0.4 is 4.74 Å². The molecule has 2 nitrogen and oxygen atoms in total. The van der Waals surface area contributed by atoms with Gasteiger partial charge in [0.05, 0.1) is 0 Å². The van der Waals surface area contributed by atoms with Gasteiger partial charge in [0.25, 0.3) is 0 Å². The predicted molar refractivity (Wildman–Crippen MR) is 129 cm³/mol. The highest BCUT2D eigenvalue weighted by atomic mass is 16.5. The standard InChI is InChI=1S/C28H33NO/c1-5-27(23-12-8-6-9-13-23)28(24-14-10-7-11-15-24)25-16-18-26(19-17-25)30-21-20-29(4)22(2)3/h6-19,22H,5,20-21H2,1-4H3/b28-27-. The zero-order valence-corrected chi connectivity index (χ0v) is 18.6. The third kappa shape index (κ3) is 5.61. The lowest BCUT2D eigenvalue weighted by Crippen LogP contribution is -2.30. The fourth-order valence-electron chi connectivity index (χ4n) is 3.57. The molecule has 0 fully saturated rings. The SMILES string of the molecule is CC/C(=C(\c1ccccc1)c1ccc(OCCN(C)C(C)C)cc1)c1ccccc1. The zero-order chi connectivity index (χ0) is 21.3. The average molecular weight is 400 g/mol. The molecular weight excluding hydrogens is 366 g/mol. The van der Waals surface area contributed by atoms with Gasteiger partial charge in [-0.2, -0.15) is 0 Å². The predicted octanol–water partition coefficient (Wildman–Crippen LogP) is 6.77. The molecule has 3 aromatic carbocycles. The molecule has 0 unspecified atom stereocenters. The molecule has 0 aliphatic rings. The minimum atomic E-state index is 0.528. The Morgan fingerprint density at radius 3 is 1.83 bits per heavy atom.